The normalized spacial score (nSPS) is 15.8. The minimum atomic E-state index is -1.06. The molecule has 0 N–H and O–H groups in total. The van der Waals surface area contributed by atoms with Gasteiger partial charge in [-0.15, -0.1) is 0 Å². The molecule has 2 aromatic rings. The standard InChI is InChI=1S/C19H23NO3S/c1-13-9-15(11-20(2)19(13)21)17-10-16(24(3)22)7-8-18(17)23-12-14-5-4-6-14/h7-11,14H,4-6,12H2,1-3H3. The maximum atomic E-state index is 12.0. The van der Waals surface area contributed by atoms with Gasteiger partial charge in [-0.2, -0.15) is 0 Å². The molecule has 128 valence electrons. The first-order chi connectivity index (χ1) is 11.5. The fourth-order valence-corrected chi connectivity index (χ4v) is 3.47. The number of benzene rings is 1. The highest BCUT2D eigenvalue weighted by Crippen LogP contribution is 2.34. The highest BCUT2D eigenvalue weighted by Gasteiger charge is 2.20. The van der Waals surface area contributed by atoms with Crippen LogP contribution in [0.3, 0.4) is 0 Å². The first kappa shape index (κ1) is 17.1. The number of hydrogen-bond donors (Lipinski definition) is 0. The molecule has 0 aliphatic heterocycles. The van der Waals surface area contributed by atoms with Gasteiger partial charge in [0.25, 0.3) is 5.56 Å². The Labute approximate surface area is 145 Å². The van der Waals surface area contributed by atoms with Crippen molar-refractivity contribution in [3.8, 4) is 16.9 Å². The molecule has 0 bridgehead atoms. The predicted molar refractivity (Wildman–Crippen MR) is 97.0 cm³/mol. The fourth-order valence-electron chi connectivity index (χ4n) is 2.93. The molecule has 0 saturated heterocycles. The summed E-state index contributed by atoms with van der Waals surface area (Å²) < 4.78 is 19.5. The van der Waals surface area contributed by atoms with Gasteiger partial charge >= 0.3 is 0 Å². The fraction of sp³-hybridized carbons (Fsp3) is 0.421. The highest BCUT2D eigenvalue weighted by atomic mass is 32.2. The van der Waals surface area contributed by atoms with Crippen LogP contribution in [0.4, 0.5) is 0 Å². The van der Waals surface area contributed by atoms with Crippen LogP contribution in [0.15, 0.2) is 40.2 Å². The van der Waals surface area contributed by atoms with E-state index in [1.165, 1.54) is 19.3 Å². The maximum absolute atomic E-state index is 12.0. The SMILES string of the molecule is Cc1cc(-c2cc([S+](C)[O-])ccc2OCC2CCC2)cn(C)c1=O. The van der Waals surface area contributed by atoms with E-state index in [2.05, 4.69) is 0 Å². The minimum absolute atomic E-state index is 0.00842. The zero-order valence-electron chi connectivity index (χ0n) is 14.4. The number of pyridine rings is 1. The van der Waals surface area contributed by atoms with Crippen LogP contribution in [-0.2, 0) is 18.2 Å². The quantitative estimate of drug-likeness (QED) is 0.782. The summed E-state index contributed by atoms with van der Waals surface area (Å²) in [6, 6.07) is 7.53. The van der Waals surface area contributed by atoms with E-state index in [0.29, 0.717) is 18.1 Å². The van der Waals surface area contributed by atoms with E-state index in [4.69, 9.17) is 4.74 Å². The van der Waals surface area contributed by atoms with Gasteiger partial charge in [0, 0.05) is 36.0 Å². The number of aromatic nitrogens is 1. The molecular formula is C19H23NO3S. The second-order valence-electron chi connectivity index (χ2n) is 6.55. The van der Waals surface area contributed by atoms with Gasteiger partial charge in [0.15, 0.2) is 4.90 Å². The van der Waals surface area contributed by atoms with E-state index in [0.717, 1.165) is 21.8 Å². The predicted octanol–water partition coefficient (Wildman–Crippen LogP) is 3.28. The summed E-state index contributed by atoms with van der Waals surface area (Å²) in [6.45, 7) is 2.52. The number of hydrogen-bond acceptors (Lipinski definition) is 3. The Morgan fingerprint density at radius 2 is 2.08 bits per heavy atom. The van der Waals surface area contributed by atoms with Crippen LogP contribution in [0.25, 0.3) is 11.1 Å². The lowest BCUT2D eigenvalue weighted by molar-refractivity contribution is 0.181. The molecule has 0 spiro atoms. The third-order valence-corrected chi connectivity index (χ3v) is 5.57. The van der Waals surface area contributed by atoms with Crippen molar-refractivity contribution in [2.24, 2.45) is 13.0 Å². The molecule has 1 heterocycles. The molecular weight excluding hydrogens is 322 g/mol. The lowest BCUT2D eigenvalue weighted by Gasteiger charge is -2.26. The molecule has 0 amide bonds. The van der Waals surface area contributed by atoms with Gasteiger partial charge < -0.3 is 13.9 Å². The van der Waals surface area contributed by atoms with Crippen molar-refractivity contribution in [3.63, 3.8) is 0 Å². The lowest BCUT2D eigenvalue weighted by Crippen LogP contribution is -2.20. The minimum Gasteiger partial charge on any atom is -0.612 e. The molecule has 5 heteroatoms. The van der Waals surface area contributed by atoms with E-state index in [-0.39, 0.29) is 5.56 Å². The molecule has 1 aliphatic rings. The van der Waals surface area contributed by atoms with E-state index in [1.54, 1.807) is 17.9 Å². The zero-order chi connectivity index (χ0) is 17.3. The monoisotopic (exact) mass is 345 g/mol. The highest BCUT2D eigenvalue weighted by molar-refractivity contribution is 7.90. The topological polar surface area (TPSA) is 54.3 Å². The third kappa shape index (κ3) is 3.52. The van der Waals surface area contributed by atoms with Gasteiger partial charge in [-0.1, -0.05) is 6.42 Å². The molecule has 1 unspecified atom stereocenters. The summed E-state index contributed by atoms with van der Waals surface area (Å²) in [5.74, 6) is 1.42. The number of nitrogens with zero attached hydrogens (tertiary/aromatic N) is 1. The van der Waals surface area contributed by atoms with Crippen LogP contribution >= 0.6 is 0 Å². The van der Waals surface area contributed by atoms with Crippen molar-refractivity contribution in [1.82, 2.24) is 4.57 Å². The smallest absolute Gasteiger partial charge is 0.253 e. The molecule has 1 aromatic heterocycles. The van der Waals surface area contributed by atoms with Crippen LogP contribution in [0.5, 0.6) is 5.75 Å². The first-order valence-electron chi connectivity index (χ1n) is 8.23. The average Bonchev–Trinajstić information content (AvgIpc) is 2.50. The van der Waals surface area contributed by atoms with Crippen LogP contribution in [0.2, 0.25) is 0 Å². The Morgan fingerprint density at radius 3 is 2.67 bits per heavy atom. The molecule has 4 nitrogen and oxygen atoms in total. The van der Waals surface area contributed by atoms with E-state index in [9.17, 15) is 9.35 Å². The van der Waals surface area contributed by atoms with Crippen molar-refractivity contribution in [2.45, 2.75) is 31.1 Å². The Kier molecular flexibility index (Phi) is 5.01. The molecule has 0 radical (unpaired) electrons. The van der Waals surface area contributed by atoms with Crippen molar-refractivity contribution in [3.05, 3.63) is 46.4 Å². The number of ether oxygens (including phenoxy) is 1. The van der Waals surface area contributed by atoms with Crippen LogP contribution in [0, 0.1) is 12.8 Å². The zero-order valence-corrected chi connectivity index (χ0v) is 15.2. The third-order valence-electron chi connectivity index (χ3n) is 4.66. The largest absolute Gasteiger partial charge is 0.612 e. The summed E-state index contributed by atoms with van der Waals surface area (Å²) in [5, 5.41) is 0. The van der Waals surface area contributed by atoms with Crippen LogP contribution in [0.1, 0.15) is 24.8 Å². The van der Waals surface area contributed by atoms with Crippen molar-refractivity contribution in [1.29, 1.82) is 0 Å². The lowest BCUT2D eigenvalue weighted by atomic mass is 9.86. The van der Waals surface area contributed by atoms with Gasteiger partial charge in [-0.05, 0) is 55.1 Å². The second kappa shape index (κ2) is 7.03. The molecule has 1 aromatic carbocycles. The van der Waals surface area contributed by atoms with E-state index < -0.39 is 11.2 Å². The summed E-state index contributed by atoms with van der Waals surface area (Å²) in [5.41, 5.74) is 2.47. The van der Waals surface area contributed by atoms with Gasteiger partial charge in [-0.25, -0.2) is 0 Å². The second-order valence-corrected chi connectivity index (χ2v) is 7.93. The van der Waals surface area contributed by atoms with Gasteiger partial charge in [0.2, 0.25) is 0 Å². The summed E-state index contributed by atoms with van der Waals surface area (Å²) in [4.78, 5) is 12.7. The van der Waals surface area contributed by atoms with E-state index >= 15 is 0 Å². The van der Waals surface area contributed by atoms with Gasteiger partial charge in [0.05, 0.1) is 6.61 Å². The Hall–Kier alpha value is -1.72. The Balaban J connectivity index is 2.01. The molecule has 1 atom stereocenters. The first-order valence-corrected chi connectivity index (χ1v) is 9.79. The summed E-state index contributed by atoms with van der Waals surface area (Å²) in [7, 11) is 1.75. The molecule has 24 heavy (non-hydrogen) atoms. The molecule has 3 rings (SSSR count). The Bertz CT molecular complexity index is 767. The van der Waals surface area contributed by atoms with Crippen molar-refractivity contribution >= 4 is 11.2 Å². The van der Waals surface area contributed by atoms with Gasteiger partial charge in [0.1, 0.15) is 12.0 Å². The van der Waals surface area contributed by atoms with Crippen molar-refractivity contribution < 1.29 is 9.29 Å². The number of rotatable bonds is 5. The van der Waals surface area contributed by atoms with Crippen LogP contribution in [-0.4, -0.2) is 22.0 Å². The summed E-state index contributed by atoms with van der Waals surface area (Å²) in [6.07, 6.45) is 7.22. The molecule has 1 fully saturated rings. The molecule has 1 aliphatic carbocycles. The molecule has 1 saturated carbocycles. The summed E-state index contributed by atoms with van der Waals surface area (Å²) >= 11 is -1.06. The number of aryl methyl sites for hydroxylation is 2. The van der Waals surface area contributed by atoms with E-state index in [1.807, 2.05) is 37.4 Å². The van der Waals surface area contributed by atoms with Crippen molar-refractivity contribution in [2.75, 3.05) is 12.9 Å². The Morgan fingerprint density at radius 1 is 1.33 bits per heavy atom. The maximum Gasteiger partial charge on any atom is 0.253 e. The van der Waals surface area contributed by atoms with Crippen LogP contribution < -0.4 is 10.3 Å². The van der Waals surface area contributed by atoms with Gasteiger partial charge in [-0.3, -0.25) is 4.79 Å². The average molecular weight is 345 g/mol.